The molecular formula is C8H14N4O5S. The van der Waals surface area contributed by atoms with Gasteiger partial charge in [-0.15, -0.1) is 0 Å². The minimum absolute atomic E-state index is 0.130. The molecule has 9 nitrogen and oxygen atoms in total. The van der Waals surface area contributed by atoms with E-state index in [9.17, 15) is 19.7 Å². The lowest BCUT2D eigenvalue weighted by Gasteiger charge is -2.16. The van der Waals surface area contributed by atoms with Gasteiger partial charge in [-0.05, 0) is 0 Å². The third-order valence-corrected chi connectivity index (χ3v) is 3.02. The van der Waals surface area contributed by atoms with Crippen LogP contribution in [0.25, 0.3) is 0 Å². The van der Waals surface area contributed by atoms with Crippen molar-refractivity contribution in [3.63, 3.8) is 0 Å². The van der Waals surface area contributed by atoms with Crippen LogP contribution < -0.4 is 11.1 Å². The van der Waals surface area contributed by atoms with Crippen LogP contribution in [0.2, 0.25) is 0 Å². The van der Waals surface area contributed by atoms with Crippen LogP contribution in [0.4, 0.5) is 4.79 Å². The van der Waals surface area contributed by atoms with Crippen LogP contribution in [0.3, 0.4) is 0 Å². The highest BCUT2D eigenvalue weighted by molar-refractivity contribution is 8.14. The molecule has 0 fully saturated rings. The highest BCUT2D eigenvalue weighted by atomic mass is 32.2. The molecule has 0 aliphatic rings. The van der Waals surface area contributed by atoms with Crippen molar-refractivity contribution in [3.05, 3.63) is 10.1 Å². The molecule has 3 N–H and O–H groups in total. The van der Waals surface area contributed by atoms with Gasteiger partial charge in [-0.1, -0.05) is 16.9 Å². The lowest BCUT2D eigenvalue weighted by molar-refractivity contribution is -0.537. The molecule has 0 bridgehead atoms. The third kappa shape index (κ3) is 4.99. The minimum Gasteiger partial charge on any atom is -0.369 e. The first kappa shape index (κ1) is 16.2. The number of hydrogen-bond donors (Lipinski definition) is 2. The van der Waals surface area contributed by atoms with Gasteiger partial charge in [-0.2, -0.15) is 0 Å². The fourth-order valence-electron chi connectivity index (χ4n) is 0.661. The van der Waals surface area contributed by atoms with E-state index in [4.69, 9.17) is 5.73 Å². The SMILES string of the molecule is CNC(=O)ON=C(SCC(N)=O)C(C)(C)[N+](=O)[O-]. The van der Waals surface area contributed by atoms with Gasteiger partial charge in [0.15, 0.2) is 5.04 Å². The van der Waals surface area contributed by atoms with Crippen molar-refractivity contribution in [3.8, 4) is 0 Å². The van der Waals surface area contributed by atoms with E-state index in [0.717, 1.165) is 11.8 Å². The van der Waals surface area contributed by atoms with Crippen LogP contribution in [0.5, 0.6) is 0 Å². The Morgan fingerprint density at radius 3 is 2.50 bits per heavy atom. The summed E-state index contributed by atoms with van der Waals surface area (Å²) in [6.45, 7) is 2.54. The summed E-state index contributed by atoms with van der Waals surface area (Å²) in [4.78, 5) is 36.1. The fourth-order valence-corrected chi connectivity index (χ4v) is 1.46. The molecule has 0 atom stereocenters. The van der Waals surface area contributed by atoms with E-state index in [1.165, 1.54) is 20.9 Å². The normalized spacial score (nSPS) is 11.8. The molecule has 0 saturated heterocycles. The summed E-state index contributed by atoms with van der Waals surface area (Å²) in [5.74, 6) is -0.862. The maximum absolute atomic E-state index is 10.9. The van der Waals surface area contributed by atoms with Crippen molar-refractivity contribution in [2.24, 2.45) is 10.9 Å². The Hall–Kier alpha value is -1.84. The Balaban J connectivity index is 4.98. The molecule has 2 amide bonds. The van der Waals surface area contributed by atoms with Crippen molar-refractivity contribution in [1.29, 1.82) is 0 Å². The maximum Gasteiger partial charge on any atom is 0.433 e. The largest absolute Gasteiger partial charge is 0.433 e. The monoisotopic (exact) mass is 278 g/mol. The first-order chi connectivity index (χ1) is 8.21. The number of amides is 2. The summed E-state index contributed by atoms with van der Waals surface area (Å²) < 4.78 is 0. The van der Waals surface area contributed by atoms with E-state index < -0.39 is 22.5 Å². The van der Waals surface area contributed by atoms with Gasteiger partial charge in [0.25, 0.3) is 5.54 Å². The van der Waals surface area contributed by atoms with Gasteiger partial charge in [0.2, 0.25) is 5.91 Å². The predicted molar refractivity (Wildman–Crippen MR) is 65.7 cm³/mol. The predicted octanol–water partition coefficient (Wildman–Crippen LogP) is -0.0703. The number of nitrogens with two attached hydrogens (primary N) is 1. The molecule has 10 heteroatoms. The average Bonchev–Trinajstić information content (AvgIpc) is 2.27. The lowest BCUT2D eigenvalue weighted by atomic mass is 10.1. The Bertz CT molecular complexity index is 382. The average molecular weight is 278 g/mol. The third-order valence-electron chi connectivity index (χ3n) is 1.75. The molecule has 0 spiro atoms. The van der Waals surface area contributed by atoms with Gasteiger partial charge in [0, 0.05) is 25.8 Å². The van der Waals surface area contributed by atoms with Gasteiger partial charge >= 0.3 is 6.09 Å². The molecule has 0 radical (unpaired) electrons. The summed E-state index contributed by atoms with van der Waals surface area (Å²) in [5.41, 5.74) is 3.35. The highest BCUT2D eigenvalue weighted by Gasteiger charge is 2.39. The molecule has 0 saturated carbocycles. The molecule has 0 heterocycles. The second-order valence-corrected chi connectivity index (χ2v) is 4.56. The van der Waals surface area contributed by atoms with Crippen LogP contribution in [0, 0.1) is 10.1 Å². The molecule has 0 rings (SSSR count). The molecule has 0 aliphatic carbocycles. The van der Waals surface area contributed by atoms with Crippen molar-refractivity contribution in [1.82, 2.24) is 5.32 Å². The second-order valence-electron chi connectivity index (χ2n) is 3.60. The number of nitro groups is 1. The zero-order valence-corrected chi connectivity index (χ0v) is 10.9. The number of hydrogen-bond acceptors (Lipinski definition) is 7. The van der Waals surface area contributed by atoms with Gasteiger partial charge < -0.3 is 11.1 Å². The summed E-state index contributed by atoms with van der Waals surface area (Å²) in [7, 11) is 1.31. The van der Waals surface area contributed by atoms with E-state index in [-0.39, 0.29) is 10.8 Å². The fraction of sp³-hybridized carbons (Fsp3) is 0.625. The molecular weight excluding hydrogens is 264 g/mol. The van der Waals surface area contributed by atoms with Crippen LogP contribution in [-0.2, 0) is 9.63 Å². The molecule has 0 aliphatic heterocycles. The number of carbonyl (C=O) groups is 2. The van der Waals surface area contributed by atoms with Crippen molar-refractivity contribution in [2.75, 3.05) is 12.8 Å². The molecule has 0 unspecified atom stereocenters. The number of carbonyl (C=O) groups excluding carboxylic acids is 2. The van der Waals surface area contributed by atoms with E-state index in [0.29, 0.717) is 0 Å². The number of rotatable bonds is 5. The van der Waals surface area contributed by atoms with Crippen LogP contribution in [-0.4, -0.2) is 40.3 Å². The van der Waals surface area contributed by atoms with Crippen molar-refractivity contribution < 1.29 is 19.3 Å². The second kappa shape index (κ2) is 6.79. The molecule has 0 aromatic rings. The topological polar surface area (TPSA) is 137 Å². The molecule has 18 heavy (non-hydrogen) atoms. The summed E-state index contributed by atoms with van der Waals surface area (Å²) in [6.07, 6.45) is -0.869. The van der Waals surface area contributed by atoms with Gasteiger partial charge in [-0.25, -0.2) is 4.79 Å². The van der Waals surface area contributed by atoms with E-state index >= 15 is 0 Å². The number of primary amides is 1. The highest BCUT2D eigenvalue weighted by Crippen LogP contribution is 2.20. The first-order valence-corrected chi connectivity index (χ1v) is 5.73. The Morgan fingerprint density at radius 1 is 1.56 bits per heavy atom. The van der Waals surface area contributed by atoms with E-state index in [1.807, 2.05) is 0 Å². The summed E-state index contributed by atoms with van der Waals surface area (Å²) >= 11 is 0.746. The standard InChI is InChI=1S/C8H14N4O5S/c1-8(2,12(15)16)6(18-4-5(9)13)11-17-7(14)10-3/h4H2,1-3H3,(H2,9,13)(H,10,14). The number of nitrogens with zero attached hydrogens (tertiary/aromatic N) is 2. The maximum atomic E-state index is 10.9. The van der Waals surface area contributed by atoms with Gasteiger partial charge in [-0.3, -0.25) is 19.7 Å². The van der Waals surface area contributed by atoms with Gasteiger partial charge in [0.05, 0.1) is 5.75 Å². The van der Waals surface area contributed by atoms with E-state index in [2.05, 4.69) is 15.3 Å². The number of thioether (sulfide) groups is 1. The van der Waals surface area contributed by atoms with Crippen molar-refractivity contribution in [2.45, 2.75) is 19.4 Å². The Morgan fingerprint density at radius 2 is 2.11 bits per heavy atom. The number of nitrogens with one attached hydrogen (secondary N) is 1. The minimum atomic E-state index is -1.59. The molecule has 0 aromatic carbocycles. The summed E-state index contributed by atoms with van der Waals surface area (Å²) in [5, 5.41) is 16.2. The quantitative estimate of drug-likeness (QED) is 0.237. The zero-order chi connectivity index (χ0) is 14.3. The summed E-state index contributed by atoms with van der Waals surface area (Å²) in [6, 6.07) is 0. The smallest absolute Gasteiger partial charge is 0.369 e. The van der Waals surface area contributed by atoms with Gasteiger partial charge in [0.1, 0.15) is 0 Å². The zero-order valence-electron chi connectivity index (χ0n) is 10.1. The van der Waals surface area contributed by atoms with Crippen LogP contribution in [0.15, 0.2) is 5.16 Å². The number of oxime groups is 1. The van der Waals surface area contributed by atoms with Crippen LogP contribution >= 0.6 is 11.8 Å². The Labute approximate surface area is 107 Å². The van der Waals surface area contributed by atoms with Crippen LogP contribution in [0.1, 0.15) is 13.8 Å². The lowest BCUT2D eigenvalue weighted by Crippen LogP contribution is -2.39. The first-order valence-electron chi connectivity index (χ1n) is 4.74. The van der Waals surface area contributed by atoms with E-state index in [1.54, 1.807) is 0 Å². The molecule has 0 aromatic heterocycles. The van der Waals surface area contributed by atoms with Crippen molar-refractivity contribution >= 4 is 28.8 Å². The molecule has 102 valence electrons. The Kier molecular flexibility index (Phi) is 6.09.